The van der Waals surface area contributed by atoms with Crippen LogP contribution in [-0.2, 0) is 4.74 Å². The van der Waals surface area contributed by atoms with Crippen LogP contribution in [0.5, 0.6) is 0 Å². The Morgan fingerprint density at radius 3 is 2.26 bits per heavy atom. The highest BCUT2D eigenvalue weighted by atomic mass is 35.5. The van der Waals surface area contributed by atoms with Crippen molar-refractivity contribution in [2.24, 2.45) is 0 Å². The molecule has 3 rings (SSSR count). The van der Waals surface area contributed by atoms with Crippen molar-refractivity contribution in [2.45, 2.75) is 45.3 Å². The van der Waals surface area contributed by atoms with Crippen molar-refractivity contribution >= 4 is 24.2 Å². The summed E-state index contributed by atoms with van der Waals surface area (Å²) in [6.07, 6.45) is 1.72. The van der Waals surface area contributed by atoms with Gasteiger partial charge in [0.2, 0.25) is 5.79 Å². The van der Waals surface area contributed by atoms with Crippen LogP contribution in [0.4, 0.5) is 4.39 Å². The van der Waals surface area contributed by atoms with Gasteiger partial charge < -0.3 is 14.7 Å². The number of likely N-dealkylation sites (tertiary alicyclic amines) is 1. The number of hydrogen-bond donors (Lipinski definition) is 1. The number of halogens is 2. The van der Waals surface area contributed by atoms with E-state index in [1.54, 1.807) is 12.1 Å². The van der Waals surface area contributed by atoms with Crippen LogP contribution in [-0.4, -0.2) is 47.2 Å². The number of ketones is 1. The number of piperidine rings is 1. The van der Waals surface area contributed by atoms with E-state index < -0.39 is 11.8 Å². The van der Waals surface area contributed by atoms with Crippen molar-refractivity contribution in [3.63, 3.8) is 0 Å². The van der Waals surface area contributed by atoms with Crippen molar-refractivity contribution in [3.8, 4) is 0 Å². The van der Waals surface area contributed by atoms with E-state index in [0.717, 1.165) is 11.1 Å². The van der Waals surface area contributed by atoms with Crippen LogP contribution in [0.1, 0.15) is 57.5 Å². The van der Waals surface area contributed by atoms with Gasteiger partial charge in [0.15, 0.2) is 5.78 Å². The van der Waals surface area contributed by atoms with Gasteiger partial charge in [-0.25, -0.2) is 9.18 Å². The maximum Gasteiger partial charge on any atom is 0.340 e. The Hall–Kier alpha value is -2.28. The van der Waals surface area contributed by atoms with Crippen molar-refractivity contribution < 1.29 is 23.8 Å². The maximum atomic E-state index is 12.9. The number of aliphatic hydroxyl groups is 1. The van der Waals surface area contributed by atoms with E-state index in [-0.39, 0.29) is 24.0 Å². The third-order valence-electron chi connectivity index (χ3n) is 5.71. The summed E-state index contributed by atoms with van der Waals surface area (Å²) < 4.78 is 18.4. The van der Waals surface area contributed by atoms with Gasteiger partial charge in [0, 0.05) is 37.9 Å². The van der Waals surface area contributed by atoms with Crippen LogP contribution in [0, 0.1) is 19.7 Å². The van der Waals surface area contributed by atoms with Gasteiger partial charge in [-0.3, -0.25) is 4.79 Å². The number of aryl methyl sites for hydroxylation is 2. The van der Waals surface area contributed by atoms with Crippen LogP contribution in [0.3, 0.4) is 0 Å². The Bertz CT molecular complexity index is 908. The standard InChI is InChI=1S/C24H28FNO4.ClH/c1-17-5-6-20(16-18(17)2)23(28)30-24(29)11-14-26(15-12-24)13-3-4-22(27)19-7-9-21(25)10-8-19;/h5-10,16,29H,3-4,11-15H2,1-2H3;1H. The van der Waals surface area contributed by atoms with E-state index in [1.165, 1.54) is 24.3 Å². The highest BCUT2D eigenvalue weighted by Crippen LogP contribution is 2.25. The van der Waals surface area contributed by atoms with E-state index in [1.807, 2.05) is 19.9 Å². The van der Waals surface area contributed by atoms with E-state index in [2.05, 4.69) is 4.90 Å². The number of benzene rings is 2. The van der Waals surface area contributed by atoms with E-state index in [0.29, 0.717) is 56.4 Å². The molecule has 0 saturated carbocycles. The van der Waals surface area contributed by atoms with Gasteiger partial charge in [0.1, 0.15) is 5.82 Å². The minimum Gasteiger partial charge on any atom is -0.430 e. The molecule has 0 amide bonds. The number of ether oxygens (including phenoxy) is 1. The first-order valence-corrected chi connectivity index (χ1v) is 10.3. The summed E-state index contributed by atoms with van der Waals surface area (Å²) in [6, 6.07) is 10.9. The second-order valence-electron chi connectivity index (χ2n) is 8.01. The molecule has 0 spiro atoms. The average Bonchev–Trinajstić information content (AvgIpc) is 2.72. The van der Waals surface area contributed by atoms with E-state index in [9.17, 15) is 19.1 Å². The second kappa shape index (κ2) is 10.8. The number of hydrogen-bond acceptors (Lipinski definition) is 5. The van der Waals surface area contributed by atoms with Crippen LogP contribution in [0.25, 0.3) is 0 Å². The first kappa shape index (κ1) is 25.0. The first-order valence-electron chi connectivity index (χ1n) is 10.3. The van der Waals surface area contributed by atoms with E-state index in [4.69, 9.17) is 4.74 Å². The highest BCUT2D eigenvalue weighted by molar-refractivity contribution is 5.96. The topological polar surface area (TPSA) is 66.8 Å². The molecule has 0 radical (unpaired) electrons. The number of rotatable bonds is 7. The largest absolute Gasteiger partial charge is 0.430 e. The smallest absolute Gasteiger partial charge is 0.340 e. The molecule has 7 heteroatoms. The first-order chi connectivity index (χ1) is 14.3. The number of carbonyl (C=O) groups excluding carboxylic acids is 2. The summed E-state index contributed by atoms with van der Waals surface area (Å²) in [7, 11) is 0. The summed E-state index contributed by atoms with van der Waals surface area (Å²) in [5.41, 5.74) is 3.05. The lowest BCUT2D eigenvalue weighted by Gasteiger charge is -2.37. The predicted octanol–water partition coefficient (Wildman–Crippen LogP) is 4.47. The zero-order valence-corrected chi connectivity index (χ0v) is 18.7. The summed E-state index contributed by atoms with van der Waals surface area (Å²) in [6.45, 7) is 5.79. The summed E-state index contributed by atoms with van der Waals surface area (Å²) >= 11 is 0. The molecule has 1 aliphatic rings. The summed E-state index contributed by atoms with van der Waals surface area (Å²) in [5.74, 6) is -2.34. The zero-order valence-electron chi connectivity index (χ0n) is 17.9. The molecule has 0 aliphatic carbocycles. The van der Waals surface area contributed by atoms with Crippen LogP contribution >= 0.6 is 12.4 Å². The lowest BCUT2D eigenvalue weighted by atomic mass is 10.0. The van der Waals surface area contributed by atoms with Gasteiger partial charge in [-0.2, -0.15) is 0 Å². The van der Waals surface area contributed by atoms with Crippen LogP contribution in [0.15, 0.2) is 42.5 Å². The number of esters is 1. The molecule has 1 saturated heterocycles. The molecule has 5 nitrogen and oxygen atoms in total. The van der Waals surface area contributed by atoms with Gasteiger partial charge in [0.05, 0.1) is 5.56 Å². The molecule has 168 valence electrons. The molecule has 0 atom stereocenters. The second-order valence-corrected chi connectivity index (χ2v) is 8.01. The van der Waals surface area contributed by atoms with Crippen LogP contribution < -0.4 is 0 Å². The van der Waals surface area contributed by atoms with Gasteiger partial charge in [-0.05, 0) is 74.3 Å². The Morgan fingerprint density at radius 2 is 1.65 bits per heavy atom. The van der Waals surface area contributed by atoms with Gasteiger partial charge in [-0.1, -0.05) is 6.07 Å². The fraction of sp³-hybridized carbons (Fsp3) is 0.417. The predicted molar refractivity (Wildman–Crippen MR) is 119 cm³/mol. The lowest BCUT2D eigenvalue weighted by molar-refractivity contribution is -0.191. The third-order valence-corrected chi connectivity index (χ3v) is 5.71. The fourth-order valence-corrected chi connectivity index (χ4v) is 3.57. The molecule has 2 aromatic carbocycles. The maximum absolute atomic E-state index is 12.9. The average molecular weight is 450 g/mol. The van der Waals surface area contributed by atoms with Gasteiger partial charge in [-0.15, -0.1) is 12.4 Å². The Morgan fingerprint density at radius 1 is 1.03 bits per heavy atom. The molecule has 1 heterocycles. The molecule has 1 N–H and O–H groups in total. The third kappa shape index (κ3) is 6.86. The van der Waals surface area contributed by atoms with Crippen molar-refractivity contribution in [1.82, 2.24) is 4.90 Å². The number of carbonyl (C=O) groups is 2. The molecule has 0 unspecified atom stereocenters. The monoisotopic (exact) mass is 449 g/mol. The Balaban J connectivity index is 0.00000341. The molecule has 1 fully saturated rings. The molecule has 0 bridgehead atoms. The summed E-state index contributed by atoms with van der Waals surface area (Å²) in [5, 5.41) is 10.7. The molecular weight excluding hydrogens is 421 g/mol. The zero-order chi connectivity index (χ0) is 21.7. The quantitative estimate of drug-likeness (QED) is 0.384. The number of Topliss-reactive ketones (excluding diaryl/α,β-unsaturated/α-hetero) is 1. The lowest BCUT2D eigenvalue weighted by Crippen LogP contribution is -2.47. The van der Waals surface area contributed by atoms with Crippen molar-refractivity contribution in [3.05, 3.63) is 70.5 Å². The Kier molecular flexibility index (Phi) is 8.74. The highest BCUT2D eigenvalue weighted by Gasteiger charge is 2.36. The molecule has 2 aromatic rings. The Labute approximate surface area is 188 Å². The van der Waals surface area contributed by atoms with Crippen LogP contribution in [0.2, 0.25) is 0 Å². The van der Waals surface area contributed by atoms with Gasteiger partial charge >= 0.3 is 5.97 Å². The number of nitrogens with zero attached hydrogens (tertiary/aromatic N) is 1. The SMILES string of the molecule is Cc1ccc(C(=O)OC2(O)CCN(CCCC(=O)c3ccc(F)cc3)CC2)cc1C.Cl. The van der Waals surface area contributed by atoms with Crippen molar-refractivity contribution in [2.75, 3.05) is 19.6 Å². The molecule has 1 aliphatic heterocycles. The van der Waals surface area contributed by atoms with Crippen molar-refractivity contribution in [1.29, 1.82) is 0 Å². The fourth-order valence-electron chi connectivity index (χ4n) is 3.57. The summed E-state index contributed by atoms with van der Waals surface area (Å²) in [4.78, 5) is 26.7. The van der Waals surface area contributed by atoms with Gasteiger partial charge in [0.25, 0.3) is 0 Å². The van der Waals surface area contributed by atoms with E-state index >= 15 is 0 Å². The minimum atomic E-state index is -1.46. The molecular formula is C24H29ClFNO4. The minimum absolute atomic E-state index is 0. The normalized spacial score (nSPS) is 15.7. The molecule has 0 aromatic heterocycles. The molecule has 31 heavy (non-hydrogen) atoms.